The molecule has 3 aromatic carbocycles. The number of carbonyl (C=O) groups excluding carboxylic acids is 1. The average molecular weight is 300 g/mol. The Morgan fingerprint density at radius 3 is 2.39 bits per heavy atom. The van der Waals surface area contributed by atoms with Crippen LogP contribution >= 0.6 is 0 Å². The van der Waals surface area contributed by atoms with Gasteiger partial charge >= 0.3 is 0 Å². The molecule has 0 unspecified atom stereocenters. The molecule has 0 aliphatic rings. The summed E-state index contributed by atoms with van der Waals surface area (Å²) in [5, 5.41) is 3.81. The predicted molar refractivity (Wildman–Crippen MR) is 91.0 cm³/mol. The van der Waals surface area contributed by atoms with Crippen molar-refractivity contribution in [3.8, 4) is 0 Å². The molecule has 0 saturated carbocycles. The first-order valence-electron chi connectivity index (χ1n) is 7.50. The van der Waals surface area contributed by atoms with Crippen molar-refractivity contribution < 1.29 is 13.6 Å². The second-order valence-electron chi connectivity index (χ2n) is 5.75. The molecule has 0 aliphatic carbocycles. The molecule has 0 bridgehead atoms. The molecule has 0 amide bonds. The van der Waals surface area contributed by atoms with Crippen LogP contribution in [-0.2, 0) is 0 Å². The second-order valence-corrected chi connectivity index (χ2v) is 5.75. The van der Waals surface area contributed by atoms with Crippen LogP contribution in [-0.4, -0.2) is 5.78 Å². The van der Waals surface area contributed by atoms with Gasteiger partial charge < -0.3 is 8.83 Å². The molecule has 0 aliphatic heterocycles. The number of hydrogen-bond acceptors (Lipinski definition) is 3. The van der Waals surface area contributed by atoms with Gasteiger partial charge in [-0.25, -0.2) is 0 Å². The van der Waals surface area contributed by atoms with E-state index in [1.54, 1.807) is 6.92 Å². The van der Waals surface area contributed by atoms with Gasteiger partial charge in [-0.05, 0) is 31.2 Å². The average Bonchev–Trinajstić information content (AvgIpc) is 3.11. The predicted octanol–water partition coefficient (Wildman–Crippen LogP) is 5.69. The van der Waals surface area contributed by atoms with Gasteiger partial charge in [-0.1, -0.05) is 30.3 Å². The van der Waals surface area contributed by atoms with E-state index in [0.29, 0.717) is 11.1 Å². The number of furan rings is 2. The minimum absolute atomic E-state index is 0.0198. The largest absolute Gasteiger partial charge is 0.456 e. The first kappa shape index (κ1) is 12.5. The molecule has 2 heterocycles. The third-order valence-electron chi connectivity index (χ3n) is 4.38. The van der Waals surface area contributed by atoms with Gasteiger partial charge in [-0.15, -0.1) is 0 Å². The molecule has 5 aromatic rings. The molecule has 3 heteroatoms. The maximum Gasteiger partial charge on any atom is 0.160 e. The molecule has 3 nitrogen and oxygen atoms in total. The van der Waals surface area contributed by atoms with Gasteiger partial charge in [0.2, 0.25) is 0 Å². The quantitative estimate of drug-likeness (QED) is 0.374. The van der Waals surface area contributed by atoms with E-state index in [1.165, 1.54) is 0 Å². The number of rotatable bonds is 1. The molecule has 5 rings (SSSR count). The zero-order valence-electron chi connectivity index (χ0n) is 12.4. The molecule has 0 saturated heterocycles. The molecule has 23 heavy (non-hydrogen) atoms. The molecular weight excluding hydrogens is 288 g/mol. The highest BCUT2D eigenvalue weighted by atomic mass is 16.3. The van der Waals surface area contributed by atoms with Crippen molar-refractivity contribution in [3.05, 3.63) is 60.2 Å². The molecule has 0 fully saturated rings. The van der Waals surface area contributed by atoms with Crippen molar-refractivity contribution in [2.45, 2.75) is 6.92 Å². The highest BCUT2D eigenvalue weighted by Crippen LogP contribution is 2.40. The maximum absolute atomic E-state index is 12.0. The molecule has 0 N–H and O–H groups in total. The number of ketones is 1. The fraction of sp³-hybridized carbons (Fsp3) is 0.0500. The van der Waals surface area contributed by atoms with Crippen LogP contribution in [0.2, 0.25) is 0 Å². The van der Waals surface area contributed by atoms with Gasteiger partial charge in [0.05, 0.1) is 5.39 Å². The third-order valence-corrected chi connectivity index (χ3v) is 4.38. The van der Waals surface area contributed by atoms with E-state index in [9.17, 15) is 4.79 Å². The number of Topliss-reactive ketones (excluding diaryl/α,β-unsaturated/α-hetero) is 1. The van der Waals surface area contributed by atoms with Gasteiger partial charge in [0, 0.05) is 21.7 Å². The van der Waals surface area contributed by atoms with Gasteiger partial charge in [0.15, 0.2) is 5.78 Å². The number of benzene rings is 3. The standard InChI is InChI=1S/C20H12O3/c1-11(21)12-6-4-8-16-18(12)19-17(22-16)10-9-14-13-5-2-3-7-15(13)23-20(14)19/h2-10H,1H3. The Labute approximate surface area is 131 Å². The van der Waals surface area contributed by atoms with Gasteiger partial charge in [-0.3, -0.25) is 4.79 Å². The molecule has 0 spiro atoms. The summed E-state index contributed by atoms with van der Waals surface area (Å²) in [6.45, 7) is 1.58. The Morgan fingerprint density at radius 2 is 1.52 bits per heavy atom. The van der Waals surface area contributed by atoms with Gasteiger partial charge in [-0.2, -0.15) is 0 Å². The summed E-state index contributed by atoms with van der Waals surface area (Å²) in [6.07, 6.45) is 0. The Bertz CT molecular complexity index is 1240. The van der Waals surface area contributed by atoms with Crippen molar-refractivity contribution in [2.75, 3.05) is 0 Å². The van der Waals surface area contributed by atoms with Crippen molar-refractivity contribution in [1.82, 2.24) is 0 Å². The van der Waals surface area contributed by atoms with Crippen molar-refractivity contribution in [2.24, 2.45) is 0 Å². The lowest BCUT2D eigenvalue weighted by atomic mass is 10.0. The Morgan fingerprint density at radius 1 is 0.739 bits per heavy atom. The molecular formula is C20H12O3. The maximum atomic E-state index is 12.0. The van der Waals surface area contributed by atoms with Crippen LogP contribution < -0.4 is 0 Å². The van der Waals surface area contributed by atoms with Crippen LogP contribution in [0, 0.1) is 0 Å². The smallest absolute Gasteiger partial charge is 0.160 e. The normalized spacial score (nSPS) is 11.9. The van der Waals surface area contributed by atoms with E-state index in [-0.39, 0.29) is 5.78 Å². The fourth-order valence-corrected chi connectivity index (χ4v) is 3.38. The Hall–Kier alpha value is -3.07. The van der Waals surface area contributed by atoms with Crippen molar-refractivity contribution in [1.29, 1.82) is 0 Å². The van der Waals surface area contributed by atoms with Crippen LogP contribution in [0.4, 0.5) is 0 Å². The monoisotopic (exact) mass is 300 g/mol. The fourth-order valence-electron chi connectivity index (χ4n) is 3.38. The lowest BCUT2D eigenvalue weighted by Gasteiger charge is -1.98. The summed E-state index contributed by atoms with van der Waals surface area (Å²) in [5.41, 5.74) is 3.72. The summed E-state index contributed by atoms with van der Waals surface area (Å²) >= 11 is 0. The van der Waals surface area contributed by atoms with E-state index in [2.05, 4.69) is 0 Å². The summed E-state index contributed by atoms with van der Waals surface area (Å²) in [4.78, 5) is 12.0. The first-order chi connectivity index (χ1) is 11.2. The molecule has 2 aromatic heterocycles. The molecule has 0 atom stereocenters. The van der Waals surface area contributed by atoms with Crippen LogP contribution in [0.3, 0.4) is 0 Å². The molecule has 0 radical (unpaired) electrons. The zero-order valence-corrected chi connectivity index (χ0v) is 12.4. The summed E-state index contributed by atoms with van der Waals surface area (Å²) in [7, 11) is 0. The van der Waals surface area contributed by atoms with E-state index in [1.807, 2.05) is 54.6 Å². The van der Waals surface area contributed by atoms with Gasteiger partial charge in [0.1, 0.15) is 22.3 Å². The van der Waals surface area contributed by atoms with Crippen LogP contribution in [0.5, 0.6) is 0 Å². The number of hydrogen-bond donors (Lipinski definition) is 0. The van der Waals surface area contributed by atoms with E-state index in [0.717, 1.165) is 38.3 Å². The van der Waals surface area contributed by atoms with Gasteiger partial charge in [0.25, 0.3) is 0 Å². The minimum atomic E-state index is 0.0198. The lowest BCUT2D eigenvalue weighted by Crippen LogP contribution is -1.91. The second kappa shape index (κ2) is 4.23. The van der Waals surface area contributed by atoms with Crippen molar-refractivity contribution >= 4 is 49.7 Å². The van der Waals surface area contributed by atoms with Crippen molar-refractivity contribution in [3.63, 3.8) is 0 Å². The summed E-state index contributed by atoms with van der Waals surface area (Å²) in [5.74, 6) is 0.0198. The molecule has 110 valence electrons. The highest BCUT2D eigenvalue weighted by molar-refractivity contribution is 6.25. The first-order valence-corrected chi connectivity index (χ1v) is 7.50. The topological polar surface area (TPSA) is 43.4 Å². The number of para-hydroxylation sites is 1. The SMILES string of the molecule is CC(=O)c1cccc2oc3ccc4c5ccccc5oc4c3c12. The zero-order chi connectivity index (χ0) is 15.6. The Kier molecular flexibility index (Phi) is 2.29. The van der Waals surface area contributed by atoms with E-state index >= 15 is 0 Å². The minimum Gasteiger partial charge on any atom is -0.456 e. The lowest BCUT2D eigenvalue weighted by molar-refractivity contribution is 0.101. The number of fused-ring (bicyclic) bond motifs is 7. The van der Waals surface area contributed by atoms with Crippen LogP contribution in [0.25, 0.3) is 43.9 Å². The summed E-state index contributed by atoms with van der Waals surface area (Å²) in [6, 6.07) is 17.5. The third kappa shape index (κ3) is 1.56. The van der Waals surface area contributed by atoms with E-state index in [4.69, 9.17) is 8.83 Å². The van der Waals surface area contributed by atoms with Crippen LogP contribution in [0.1, 0.15) is 17.3 Å². The van der Waals surface area contributed by atoms with E-state index < -0.39 is 0 Å². The van der Waals surface area contributed by atoms with Crippen LogP contribution in [0.15, 0.2) is 63.4 Å². The highest BCUT2D eigenvalue weighted by Gasteiger charge is 2.19. The number of carbonyl (C=O) groups is 1. The summed E-state index contributed by atoms with van der Waals surface area (Å²) < 4.78 is 12.0. The Balaban J connectivity index is 2.11.